The maximum Gasteiger partial charge on any atom is 0.193 e. The Morgan fingerprint density at radius 3 is 2.65 bits per heavy atom. The summed E-state index contributed by atoms with van der Waals surface area (Å²) in [5.41, 5.74) is 0. The minimum absolute atomic E-state index is 0. The fourth-order valence-electron chi connectivity index (χ4n) is 3.13. The molecule has 2 fully saturated rings. The lowest BCUT2D eigenvalue weighted by Gasteiger charge is -2.35. The second-order valence-corrected chi connectivity index (χ2v) is 6.34. The number of halogens is 1. The summed E-state index contributed by atoms with van der Waals surface area (Å²) in [5, 5.41) is 3.45. The third-order valence-electron chi connectivity index (χ3n) is 4.56. The molecule has 2 aliphatic rings. The average molecular weight is 439 g/mol. The third kappa shape index (κ3) is 7.56. The summed E-state index contributed by atoms with van der Waals surface area (Å²) in [4.78, 5) is 6.75. The Hall–Kier alpha value is -0.0800. The molecule has 2 saturated heterocycles. The van der Waals surface area contributed by atoms with Gasteiger partial charge in [0.1, 0.15) is 0 Å². The number of hydrogen-bond donors (Lipinski definition) is 1. The Balaban J connectivity index is 0.00000264. The van der Waals surface area contributed by atoms with Crippen LogP contribution in [0, 0.1) is 0 Å². The average Bonchev–Trinajstić information content (AvgIpc) is 2.59. The van der Waals surface area contributed by atoms with E-state index in [-0.39, 0.29) is 24.0 Å². The third-order valence-corrected chi connectivity index (χ3v) is 4.56. The SMILES string of the molecule is CCCCNC(=NC)N1CCC(OCC2CCCCO2)CC1.I. The summed E-state index contributed by atoms with van der Waals surface area (Å²) < 4.78 is 11.8. The van der Waals surface area contributed by atoms with E-state index in [4.69, 9.17) is 9.47 Å². The van der Waals surface area contributed by atoms with E-state index in [9.17, 15) is 0 Å². The molecule has 5 nitrogen and oxygen atoms in total. The molecule has 2 heterocycles. The number of nitrogens with zero attached hydrogens (tertiary/aromatic N) is 2. The molecule has 1 atom stereocenters. The van der Waals surface area contributed by atoms with Crippen molar-refractivity contribution in [2.24, 2.45) is 4.99 Å². The van der Waals surface area contributed by atoms with Gasteiger partial charge in [-0.3, -0.25) is 4.99 Å². The second kappa shape index (κ2) is 12.3. The van der Waals surface area contributed by atoms with Gasteiger partial charge in [-0.15, -0.1) is 24.0 Å². The molecule has 2 rings (SSSR count). The van der Waals surface area contributed by atoms with Gasteiger partial charge in [-0.05, 0) is 38.5 Å². The first-order valence-corrected chi connectivity index (χ1v) is 9.02. The van der Waals surface area contributed by atoms with Crippen molar-refractivity contribution in [2.45, 2.75) is 64.1 Å². The van der Waals surface area contributed by atoms with Crippen LogP contribution < -0.4 is 5.32 Å². The van der Waals surface area contributed by atoms with Gasteiger partial charge in [-0.25, -0.2) is 0 Å². The lowest BCUT2D eigenvalue weighted by atomic mass is 10.1. The van der Waals surface area contributed by atoms with Gasteiger partial charge in [0.25, 0.3) is 0 Å². The largest absolute Gasteiger partial charge is 0.376 e. The Labute approximate surface area is 158 Å². The topological polar surface area (TPSA) is 46.1 Å². The zero-order valence-corrected chi connectivity index (χ0v) is 17.1. The van der Waals surface area contributed by atoms with Gasteiger partial charge in [0.15, 0.2) is 5.96 Å². The van der Waals surface area contributed by atoms with E-state index in [0.717, 1.165) is 58.1 Å². The van der Waals surface area contributed by atoms with Gasteiger partial charge in [0, 0.05) is 33.3 Å². The molecule has 0 spiro atoms. The molecule has 2 aliphatic heterocycles. The van der Waals surface area contributed by atoms with E-state index in [0.29, 0.717) is 12.2 Å². The number of piperidine rings is 1. The van der Waals surface area contributed by atoms with Crippen molar-refractivity contribution in [2.75, 3.05) is 39.9 Å². The summed E-state index contributed by atoms with van der Waals surface area (Å²) in [6, 6.07) is 0. The maximum absolute atomic E-state index is 6.07. The number of unbranched alkanes of at least 4 members (excludes halogenated alkanes) is 1. The molecule has 0 bridgehead atoms. The lowest BCUT2D eigenvalue weighted by molar-refractivity contribution is -0.0721. The molecule has 6 heteroatoms. The van der Waals surface area contributed by atoms with Crippen LogP contribution in [0.15, 0.2) is 4.99 Å². The van der Waals surface area contributed by atoms with Crippen LogP contribution in [0.4, 0.5) is 0 Å². The van der Waals surface area contributed by atoms with Gasteiger partial charge in [0.05, 0.1) is 18.8 Å². The van der Waals surface area contributed by atoms with Crippen LogP contribution in [0.3, 0.4) is 0 Å². The Morgan fingerprint density at radius 2 is 2.04 bits per heavy atom. The molecule has 136 valence electrons. The predicted molar refractivity (Wildman–Crippen MR) is 106 cm³/mol. The fraction of sp³-hybridized carbons (Fsp3) is 0.941. The monoisotopic (exact) mass is 439 g/mol. The molecule has 0 aromatic heterocycles. The number of aliphatic imine (C=N–C) groups is 1. The van der Waals surface area contributed by atoms with Crippen LogP contribution in [-0.2, 0) is 9.47 Å². The highest BCUT2D eigenvalue weighted by atomic mass is 127. The smallest absolute Gasteiger partial charge is 0.193 e. The predicted octanol–water partition coefficient (Wildman–Crippen LogP) is 3.03. The van der Waals surface area contributed by atoms with Crippen LogP contribution in [0.5, 0.6) is 0 Å². The number of nitrogens with one attached hydrogen (secondary N) is 1. The normalized spacial score (nSPS) is 23.5. The molecule has 0 aromatic carbocycles. The van der Waals surface area contributed by atoms with Gasteiger partial charge in [-0.2, -0.15) is 0 Å². The van der Waals surface area contributed by atoms with Crippen LogP contribution in [-0.4, -0.2) is 63.0 Å². The first kappa shape index (κ1) is 21.0. The molecule has 23 heavy (non-hydrogen) atoms. The van der Waals surface area contributed by atoms with Crippen molar-refractivity contribution in [3.05, 3.63) is 0 Å². The van der Waals surface area contributed by atoms with Gasteiger partial charge < -0.3 is 19.7 Å². The summed E-state index contributed by atoms with van der Waals surface area (Å²) in [6.07, 6.45) is 8.94. The maximum atomic E-state index is 6.07. The standard InChI is InChI=1S/C17H33N3O2.HI/c1-3-4-10-19-17(18-2)20-11-8-15(9-12-20)22-14-16-7-5-6-13-21-16;/h15-16H,3-14H2,1-2H3,(H,18,19);1H. The Morgan fingerprint density at radius 1 is 1.26 bits per heavy atom. The zero-order chi connectivity index (χ0) is 15.6. The molecule has 0 aromatic rings. The molecule has 1 unspecified atom stereocenters. The van der Waals surface area contributed by atoms with Crippen molar-refractivity contribution in [1.82, 2.24) is 10.2 Å². The van der Waals surface area contributed by atoms with Gasteiger partial charge in [0.2, 0.25) is 0 Å². The summed E-state index contributed by atoms with van der Waals surface area (Å²) >= 11 is 0. The van der Waals surface area contributed by atoms with E-state index >= 15 is 0 Å². The Bertz CT molecular complexity index is 328. The number of ether oxygens (including phenoxy) is 2. The van der Waals surface area contributed by atoms with Crippen LogP contribution in [0.25, 0.3) is 0 Å². The van der Waals surface area contributed by atoms with Gasteiger partial charge >= 0.3 is 0 Å². The van der Waals surface area contributed by atoms with Crippen molar-refractivity contribution in [3.8, 4) is 0 Å². The Kier molecular flexibility index (Phi) is 11.2. The van der Waals surface area contributed by atoms with E-state index in [1.807, 2.05) is 7.05 Å². The van der Waals surface area contributed by atoms with E-state index in [2.05, 4.69) is 22.1 Å². The number of rotatable bonds is 6. The summed E-state index contributed by atoms with van der Waals surface area (Å²) in [7, 11) is 1.87. The number of hydrogen-bond acceptors (Lipinski definition) is 3. The molecule has 0 radical (unpaired) electrons. The molecular formula is C17H34IN3O2. The van der Waals surface area contributed by atoms with Crippen LogP contribution >= 0.6 is 24.0 Å². The van der Waals surface area contributed by atoms with Crippen molar-refractivity contribution in [3.63, 3.8) is 0 Å². The van der Waals surface area contributed by atoms with Crippen molar-refractivity contribution >= 4 is 29.9 Å². The highest BCUT2D eigenvalue weighted by molar-refractivity contribution is 14.0. The molecular weight excluding hydrogens is 405 g/mol. The first-order valence-electron chi connectivity index (χ1n) is 9.02. The van der Waals surface area contributed by atoms with Crippen LogP contribution in [0.2, 0.25) is 0 Å². The zero-order valence-electron chi connectivity index (χ0n) is 14.8. The first-order chi connectivity index (χ1) is 10.8. The summed E-state index contributed by atoms with van der Waals surface area (Å²) in [5.74, 6) is 1.04. The highest BCUT2D eigenvalue weighted by Gasteiger charge is 2.23. The fourth-order valence-corrected chi connectivity index (χ4v) is 3.13. The minimum Gasteiger partial charge on any atom is -0.376 e. The van der Waals surface area contributed by atoms with E-state index < -0.39 is 0 Å². The summed E-state index contributed by atoms with van der Waals surface area (Å²) in [6.45, 7) is 6.96. The van der Waals surface area contributed by atoms with E-state index in [1.165, 1.54) is 25.7 Å². The molecule has 0 amide bonds. The van der Waals surface area contributed by atoms with Crippen LogP contribution in [0.1, 0.15) is 51.9 Å². The van der Waals surface area contributed by atoms with Gasteiger partial charge in [-0.1, -0.05) is 13.3 Å². The molecule has 0 saturated carbocycles. The second-order valence-electron chi connectivity index (χ2n) is 6.34. The highest BCUT2D eigenvalue weighted by Crippen LogP contribution is 2.17. The number of guanidine groups is 1. The molecule has 0 aliphatic carbocycles. The minimum atomic E-state index is 0. The van der Waals surface area contributed by atoms with E-state index in [1.54, 1.807) is 0 Å². The van der Waals surface area contributed by atoms with Crippen molar-refractivity contribution < 1.29 is 9.47 Å². The van der Waals surface area contributed by atoms with Crippen molar-refractivity contribution in [1.29, 1.82) is 0 Å². The number of likely N-dealkylation sites (tertiary alicyclic amines) is 1. The quantitative estimate of drug-likeness (QED) is 0.299. The molecule has 1 N–H and O–H groups in total. The lowest BCUT2D eigenvalue weighted by Crippen LogP contribution is -2.47.